The summed E-state index contributed by atoms with van der Waals surface area (Å²) in [7, 11) is 0. The van der Waals surface area contributed by atoms with Crippen LogP contribution in [0, 0.1) is 16.7 Å². The number of amides is 1. The number of fused-ring (bicyclic) bond motifs is 2. The molecule has 0 unspecified atom stereocenters. The molecule has 144 valence electrons. The minimum absolute atomic E-state index is 0.146. The third-order valence-electron chi connectivity index (χ3n) is 7.41. The lowest BCUT2D eigenvalue weighted by molar-refractivity contribution is -0.122. The second-order valence-electron chi connectivity index (χ2n) is 8.95. The average Bonchev–Trinajstić information content (AvgIpc) is 3.25. The normalized spacial score (nSPS) is 28.4. The number of hydrogen-bond acceptors (Lipinski definition) is 4. The summed E-state index contributed by atoms with van der Waals surface area (Å²) in [5.41, 5.74) is 1.47. The van der Waals surface area contributed by atoms with Crippen LogP contribution in [0.3, 0.4) is 0 Å². The van der Waals surface area contributed by atoms with Gasteiger partial charge in [0.15, 0.2) is 0 Å². The predicted molar refractivity (Wildman–Crippen MR) is 104 cm³/mol. The fraction of sp³-hybridized carbons (Fsp3) is 0.591. The third kappa shape index (κ3) is 3.17. The molecule has 0 radical (unpaired) electrons. The van der Waals surface area contributed by atoms with E-state index >= 15 is 0 Å². The molecule has 2 bridgehead atoms. The van der Waals surface area contributed by atoms with E-state index in [-0.39, 0.29) is 11.3 Å². The highest BCUT2D eigenvalue weighted by molar-refractivity contribution is 5.76. The Morgan fingerprint density at radius 3 is 2.67 bits per heavy atom. The monoisotopic (exact) mass is 367 g/mol. The number of aromatic nitrogens is 2. The molecule has 4 rings (SSSR count). The highest BCUT2D eigenvalue weighted by Crippen LogP contribution is 2.65. The Hall–Kier alpha value is -2.17. The average molecular weight is 367 g/mol. The zero-order chi connectivity index (χ0) is 19.1. The Kier molecular flexibility index (Phi) is 4.57. The fourth-order valence-corrected chi connectivity index (χ4v) is 5.14. The number of aryl methyl sites for hydroxylation is 1. The maximum Gasteiger partial charge on any atom is 0.247 e. The van der Waals surface area contributed by atoms with Crippen LogP contribution in [0.4, 0.5) is 0 Å². The van der Waals surface area contributed by atoms with Crippen LogP contribution in [0.5, 0.6) is 0 Å². The molecule has 1 aromatic carbocycles. The maximum absolute atomic E-state index is 12.5. The van der Waals surface area contributed by atoms with Gasteiger partial charge in [-0.3, -0.25) is 4.79 Å². The van der Waals surface area contributed by atoms with E-state index in [1.54, 1.807) is 0 Å². The minimum atomic E-state index is 0.146. The number of nitrogens with one attached hydrogen (secondary N) is 1. The van der Waals surface area contributed by atoms with Crippen LogP contribution in [0.25, 0.3) is 11.5 Å². The Bertz CT molecular complexity index is 814. The fourth-order valence-electron chi connectivity index (χ4n) is 5.14. The summed E-state index contributed by atoms with van der Waals surface area (Å²) >= 11 is 0. The van der Waals surface area contributed by atoms with E-state index < -0.39 is 0 Å². The molecule has 27 heavy (non-hydrogen) atoms. The Morgan fingerprint density at radius 1 is 1.22 bits per heavy atom. The number of benzene rings is 1. The molecular weight excluding hydrogens is 338 g/mol. The molecule has 2 aromatic rings. The minimum Gasteiger partial charge on any atom is -0.421 e. The van der Waals surface area contributed by atoms with Crippen molar-refractivity contribution in [3.05, 3.63) is 36.2 Å². The van der Waals surface area contributed by atoms with E-state index in [9.17, 15) is 4.79 Å². The lowest BCUT2D eigenvalue weighted by Gasteiger charge is -2.39. The molecule has 3 atom stereocenters. The number of rotatable bonds is 6. The summed E-state index contributed by atoms with van der Waals surface area (Å²) in [6.45, 7) is 7.10. The third-order valence-corrected chi connectivity index (χ3v) is 7.41. The van der Waals surface area contributed by atoms with E-state index in [1.807, 2.05) is 30.3 Å². The van der Waals surface area contributed by atoms with Crippen molar-refractivity contribution < 1.29 is 9.21 Å². The van der Waals surface area contributed by atoms with E-state index in [2.05, 4.69) is 36.3 Å². The van der Waals surface area contributed by atoms with Gasteiger partial charge in [-0.25, -0.2) is 0 Å². The maximum atomic E-state index is 12.5. The smallest absolute Gasteiger partial charge is 0.247 e. The van der Waals surface area contributed by atoms with Gasteiger partial charge in [-0.15, -0.1) is 10.2 Å². The van der Waals surface area contributed by atoms with Gasteiger partial charge in [0, 0.05) is 24.4 Å². The van der Waals surface area contributed by atoms with Crippen molar-refractivity contribution in [2.45, 2.75) is 65.3 Å². The van der Waals surface area contributed by atoms with Crippen molar-refractivity contribution in [1.29, 1.82) is 0 Å². The number of carbonyl (C=O) groups excluding carboxylic acids is 1. The topological polar surface area (TPSA) is 68.0 Å². The molecule has 0 saturated heterocycles. The molecular formula is C22H29N3O2. The number of carbonyl (C=O) groups is 1. The summed E-state index contributed by atoms with van der Waals surface area (Å²) in [4.78, 5) is 12.5. The van der Waals surface area contributed by atoms with Crippen molar-refractivity contribution in [3.63, 3.8) is 0 Å². The van der Waals surface area contributed by atoms with Crippen molar-refractivity contribution in [2.75, 3.05) is 0 Å². The summed E-state index contributed by atoms with van der Waals surface area (Å²) < 4.78 is 5.71. The molecule has 2 aliphatic rings. The molecule has 1 N–H and O–H groups in total. The molecule has 0 aliphatic heterocycles. The zero-order valence-electron chi connectivity index (χ0n) is 16.5. The van der Waals surface area contributed by atoms with Gasteiger partial charge >= 0.3 is 0 Å². The quantitative estimate of drug-likeness (QED) is 0.822. The Morgan fingerprint density at radius 2 is 2.00 bits per heavy atom. The van der Waals surface area contributed by atoms with E-state index in [1.165, 1.54) is 12.8 Å². The Labute approximate surface area is 160 Å². The van der Waals surface area contributed by atoms with Crippen molar-refractivity contribution in [3.8, 4) is 11.5 Å². The van der Waals surface area contributed by atoms with Gasteiger partial charge in [0.25, 0.3) is 0 Å². The van der Waals surface area contributed by atoms with Crippen LogP contribution in [0.1, 0.15) is 58.8 Å². The van der Waals surface area contributed by atoms with E-state index in [0.717, 1.165) is 24.3 Å². The molecule has 1 amide bonds. The second kappa shape index (κ2) is 6.77. The van der Waals surface area contributed by atoms with Gasteiger partial charge in [-0.05, 0) is 54.6 Å². The van der Waals surface area contributed by atoms with Crippen molar-refractivity contribution in [1.82, 2.24) is 15.5 Å². The van der Waals surface area contributed by atoms with Gasteiger partial charge < -0.3 is 9.73 Å². The van der Waals surface area contributed by atoms with Gasteiger partial charge in [-0.2, -0.15) is 0 Å². The van der Waals surface area contributed by atoms with Crippen LogP contribution in [-0.2, 0) is 11.2 Å². The molecule has 2 fully saturated rings. The lowest BCUT2D eigenvalue weighted by Crippen LogP contribution is -2.46. The van der Waals surface area contributed by atoms with Crippen LogP contribution >= 0.6 is 0 Å². The standard InChI is InChI=1S/C22H29N3O2/c1-21(2)16-12-13-22(21,3)17(14-16)23-18(26)10-7-11-19-24-25-20(27-19)15-8-5-4-6-9-15/h4-6,8-9,16-17H,7,10-14H2,1-3H3,(H,23,26)/t16-,17+,22-/m0/s1. The summed E-state index contributed by atoms with van der Waals surface area (Å²) in [5, 5.41) is 11.5. The van der Waals surface area contributed by atoms with Crippen LogP contribution in [-0.4, -0.2) is 22.1 Å². The SMILES string of the molecule is CC1(C)[C@H]2CC[C@@]1(C)[C@H](NC(=O)CCCc1nnc(-c3ccccc3)o1)C2. The Balaban J connectivity index is 1.27. The first-order valence-electron chi connectivity index (χ1n) is 10.1. The summed E-state index contributed by atoms with van der Waals surface area (Å²) in [5.74, 6) is 2.01. The van der Waals surface area contributed by atoms with E-state index in [4.69, 9.17) is 4.42 Å². The van der Waals surface area contributed by atoms with Gasteiger partial charge in [-0.1, -0.05) is 39.0 Å². The van der Waals surface area contributed by atoms with Gasteiger partial charge in [0.05, 0.1) is 0 Å². The predicted octanol–water partition coefficient (Wildman–Crippen LogP) is 4.39. The molecule has 5 heteroatoms. The first-order chi connectivity index (χ1) is 12.9. The van der Waals surface area contributed by atoms with Crippen LogP contribution in [0.2, 0.25) is 0 Å². The van der Waals surface area contributed by atoms with Crippen molar-refractivity contribution in [2.24, 2.45) is 16.7 Å². The molecule has 1 heterocycles. The first kappa shape index (κ1) is 18.2. The van der Waals surface area contributed by atoms with Gasteiger partial charge in [0.2, 0.25) is 17.7 Å². The molecule has 1 aromatic heterocycles. The lowest BCUT2D eigenvalue weighted by atomic mass is 9.69. The van der Waals surface area contributed by atoms with Crippen molar-refractivity contribution >= 4 is 5.91 Å². The van der Waals surface area contributed by atoms with Crippen LogP contribution in [0.15, 0.2) is 34.7 Å². The largest absolute Gasteiger partial charge is 0.421 e. The molecule has 5 nitrogen and oxygen atoms in total. The number of hydrogen-bond donors (Lipinski definition) is 1. The zero-order valence-corrected chi connectivity index (χ0v) is 16.5. The summed E-state index contributed by atoms with van der Waals surface area (Å²) in [6.07, 6.45) is 5.50. The molecule has 2 aliphatic carbocycles. The molecule has 2 saturated carbocycles. The van der Waals surface area contributed by atoms with Crippen LogP contribution < -0.4 is 5.32 Å². The van der Waals surface area contributed by atoms with Gasteiger partial charge in [0.1, 0.15) is 0 Å². The highest BCUT2D eigenvalue weighted by atomic mass is 16.4. The second-order valence-corrected chi connectivity index (χ2v) is 8.95. The summed E-state index contributed by atoms with van der Waals surface area (Å²) in [6, 6.07) is 10.1. The highest BCUT2D eigenvalue weighted by Gasteiger charge is 2.61. The first-order valence-corrected chi connectivity index (χ1v) is 10.1. The molecule has 0 spiro atoms. The number of nitrogens with zero attached hydrogens (tertiary/aromatic N) is 2. The van der Waals surface area contributed by atoms with E-state index in [0.29, 0.717) is 36.1 Å².